The van der Waals surface area contributed by atoms with Crippen molar-refractivity contribution >= 4 is 5.91 Å². The van der Waals surface area contributed by atoms with Crippen molar-refractivity contribution in [3.05, 3.63) is 30.1 Å². The van der Waals surface area contributed by atoms with Crippen molar-refractivity contribution in [3.8, 4) is 0 Å². The number of carbonyl (C=O) groups is 1. The predicted octanol–water partition coefficient (Wildman–Crippen LogP) is 1.91. The quantitative estimate of drug-likeness (QED) is 0.834. The molecule has 2 rings (SSSR count). The summed E-state index contributed by atoms with van der Waals surface area (Å²) in [6.07, 6.45) is 8.58. The van der Waals surface area contributed by atoms with E-state index >= 15 is 0 Å². The van der Waals surface area contributed by atoms with Crippen LogP contribution < -0.4 is 10.6 Å². The lowest BCUT2D eigenvalue weighted by Gasteiger charge is -2.36. The Morgan fingerprint density at radius 3 is 2.90 bits per heavy atom. The average Bonchev–Trinajstić information content (AvgIpc) is 2.49. The molecule has 0 aromatic carbocycles. The van der Waals surface area contributed by atoms with Crippen LogP contribution in [0.5, 0.6) is 0 Å². The first-order valence-corrected chi connectivity index (χ1v) is 7.65. The molecule has 1 atom stereocenters. The maximum Gasteiger partial charge on any atom is 0.227 e. The minimum Gasteiger partial charge on any atom is -0.355 e. The number of carbonyl (C=O) groups excluding carboxylic acids is 1. The first-order valence-electron chi connectivity index (χ1n) is 7.65. The molecule has 1 saturated heterocycles. The monoisotopic (exact) mass is 275 g/mol. The van der Waals surface area contributed by atoms with E-state index < -0.39 is 0 Å². The average molecular weight is 275 g/mol. The Morgan fingerprint density at radius 2 is 2.25 bits per heavy atom. The second-order valence-corrected chi connectivity index (χ2v) is 5.67. The fourth-order valence-corrected chi connectivity index (χ4v) is 3.02. The van der Waals surface area contributed by atoms with Crippen molar-refractivity contribution in [1.82, 2.24) is 15.6 Å². The van der Waals surface area contributed by atoms with Gasteiger partial charge in [-0.25, -0.2) is 0 Å². The molecule has 1 unspecified atom stereocenters. The minimum absolute atomic E-state index is 0.189. The van der Waals surface area contributed by atoms with Crippen LogP contribution in [0.15, 0.2) is 24.5 Å². The largest absolute Gasteiger partial charge is 0.355 e. The van der Waals surface area contributed by atoms with Crippen molar-refractivity contribution in [2.24, 2.45) is 5.41 Å². The van der Waals surface area contributed by atoms with Gasteiger partial charge in [-0.1, -0.05) is 13.3 Å². The van der Waals surface area contributed by atoms with Gasteiger partial charge in [0.2, 0.25) is 5.91 Å². The van der Waals surface area contributed by atoms with E-state index in [1.54, 1.807) is 12.4 Å². The van der Waals surface area contributed by atoms with Gasteiger partial charge in [0, 0.05) is 25.5 Å². The lowest BCUT2D eigenvalue weighted by Crippen LogP contribution is -2.50. The molecule has 0 radical (unpaired) electrons. The summed E-state index contributed by atoms with van der Waals surface area (Å²) in [7, 11) is 0. The second kappa shape index (κ2) is 7.39. The van der Waals surface area contributed by atoms with Crippen molar-refractivity contribution < 1.29 is 4.79 Å². The molecular formula is C16H25N3O. The summed E-state index contributed by atoms with van der Waals surface area (Å²) in [5.74, 6) is 0.223. The van der Waals surface area contributed by atoms with Crippen molar-refractivity contribution in [3.63, 3.8) is 0 Å². The Morgan fingerprint density at radius 1 is 1.45 bits per heavy atom. The molecule has 2 heterocycles. The third-order valence-corrected chi connectivity index (χ3v) is 4.13. The highest BCUT2D eigenvalue weighted by atomic mass is 16.2. The zero-order valence-corrected chi connectivity index (χ0v) is 12.3. The summed E-state index contributed by atoms with van der Waals surface area (Å²) in [6, 6.07) is 3.99. The van der Waals surface area contributed by atoms with Gasteiger partial charge < -0.3 is 10.6 Å². The van der Waals surface area contributed by atoms with Gasteiger partial charge >= 0.3 is 0 Å². The highest BCUT2D eigenvalue weighted by Crippen LogP contribution is 2.31. The van der Waals surface area contributed by atoms with E-state index in [2.05, 4.69) is 22.5 Å². The van der Waals surface area contributed by atoms with E-state index in [0.29, 0.717) is 6.54 Å². The van der Waals surface area contributed by atoms with Gasteiger partial charge in [-0.3, -0.25) is 9.78 Å². The van der Waals surface area contributed by atoms with E-state index in [0.717, 1.165) is 45.2 Å². The molecule has 0 aliphatic carbocycles. The van der Waals surface area contributed by atoms with Gasteiger partial charge in [0.25, 0.3) is 0 Å². The van der Waals surface area contributed by atoms with Crippen LogP contribution in [0.3, 0.4) is 0 Å². The number of hydrogen-bond donors (Lipinski definition) is 2. The van der Waals surface area contributed by atoms with Gasteiger partial charge in [0.1, 0.15) is 0 Å². The van der Waals surface area contributed by atoms with Crippen LogP contribution in [0.2, 0.25) is 0 Å². The highest BCUT2D eigenvalue weighted by molar-refractivity contribution is 5.83. The van der Waals surface area contributed by atoms with Crippen LogP contribution in [-0.2, 0) is 11.2 Å². The standard InChI is InChI=1S/C16H25N3O/c1-2-7-16(8-3-9-18-13-16)15(20)19-12-6-14-4-10-17-11-5-14/h4-5,10-11,18H,2-3,6-9,12-13H2,1H3,(H,19,20). The molecule has 1 amide bonds. The van der Waals surface area contributed by atoms with E-state index in [9.17, 15) is 4.79 Å². The van der Waals surface area contributed by atoms with E-state index in [1.165, 1.54) is 5.56 Å². The summed E-state index contributed by atoms with van der Waals surface area (Å²) in [6.45, 7) is 4.71. The first kappa shape index (κ1) is 15.0. The zero-order valence-electron chi connectivity index (χ0n) is 12.3. The SMILES string of the molecule is CCCC1(C(=O)NCCc2ccncc2)CCCNC1. The lowest BCUT2D eigenvalue weighted by atomic mass is 9.76. The van der Waals surface area contributed by atoms with Gasteiger partial charge in [0.15, 0.2) is 0 Å². The molecule has 20 heavy (non-hydrogen) atoms. The number of nitrogens with one attached hydrogen (secondary N) is 2. The molecule has 1 aromatic heterocycles. The summed E-state index contributed by atoms with van der Waals surface area (Å²) >= 11 is 0. The second-order valence-electron chi connectivity index (χ2n) is 5.67. The van der Waals surface area contributed by atoms with Crippen molar-refractivity contribution in [2.75, 3.05) is 19.6 Å². The topological polar surface area (TPSA) is 54.0 Å². The van der Waals surface area contributed by atoms with Crippen LogP contribution in [-0.4, -0.2) is 30.5 Å². The Labute approximate surface area is 121 Å². The first-order chi connectivity index (χ1) is 9.77. The van der Waals surface area contributed by atoms with Crippen molar-refractivity contribution in [2.45, 2.75) is 39.0 Å². The Bertz CT molecular complexity index is 407. The van der Waals surface area contributed by atoms with Gasteiger partial charge in [-0.15, -0.1) is 0 Å². The number of rotatable bonds is 6. The number of pyridine rings is 1. The van der Waals surface area contributed by atoms with Crippen LogP contribution in [0.25, 0.3) is 0 Å². The number of aromatic nitrogens is 1. The van der Waals surface area contributed by atoms with E-state index in [1.807, 2.05) is 12.1 Å². The number of amides is 1. The Hall–Kier alpha value is -1.42. The summed E-state index contributed by atoms with van der Waals surface area (Å²) in [5.41, 5.74) is 1.03. The molecule has 0 bridgehead atoms. The molecule has 4 nitrogen and oxygen atoms in total. The molecule has 110 valence electrons. The van der Waals surface area contributed by atoms with Crippen LogP contribution >= 0.6 is 0 Å². The number of hydrogen-bond acceptors (Lipinski definition) is 3. The third-order valence-electron chi connectivity index (χ3n) is 4.13. The number of nitrogens with zero attached hydrogens (tertiary/aromatic N) is 1. The van der Waals surface area contributed by atoms with Crippen LogP contribution in [0.1, 0.15) is 38.2 Å². The van der Waals surface area contributed by atoms with E-state index in [-0.39, 0.29) is 11.3 Å². The third kappa shape index (κ3) is 3.79. The number of piperidine rings is 1. The maximum absolute atomic E-state index is 12.5. The molecule has 1 aliphatic rings. The molecule has 4 heteroatoms. The fourth-order valence-electron chi connectivity index (χ4n) is 3.02. The van der Waals surface area contributed by atoms with Gasteiger partial charge in [0.05, 0.1) is 5.41 Å². The zero-order chi connectivity index (χ0) is 14.3. The molecule has 0 spiro atoms. The normalized spacial score (nSPS) is 22.4. The minimum atomic E-state index is -0.189. The predicted molar refractivity (Wildman–Crippen MR) is 80.4 cm³/mol. The van der Waals surface area contributed by atoms with Crippen molar-refractivity contribution in [1.29, 1.82) is 0 Å². The molecule has 0 saturated carbocycles. The van der Waals surface area contributed by atoms with Gasteiger partial charge in [-0.2, -0.15) is 0 Å². The highest BCUT2D eigenvalue weighted by Gasteiger charge is 2.38. The summed E-state index contributed by atoms with van der Waals surface area (Å²) < 4.78 is 0. The van der Waals surface area contributed by atoms with E-state index in [4.69, 9.17) is 0 Å². The van der Waals surface area contributed by atoms with Gasteiger partial charge in [-0.05, 0) is 49.9 Å². The fraction of sp³-hybridized carbons (Fsp3) is 0.625. The smallest absolute Gasteiger partial charge is 0.227 e. The molecule has 1 aromatic rings. The summed E-state index contributed by atoms with van der Waals surface area (Å²) in [4.78, 5) is 16.5. The molecule has 1 fully saturated rings. The van der Waals surface area contributed by atoms with Crippen LogP contribution in [0.4, 0.5) is 0 Å². The summed E-state index contributed by atoms with van der Waals surface area (Å²) in [5, 5.41) is 6.51. The van der Waals surface area contributed by atoms with Crippen LogP contribution in [0, 0.1) is 5.41 Å². The Balaban J connectivity index is 1.85. The lowest BCUT2D eigenvalue weighted by molar-refractivity contribution is -0.132. The maximum atomic E-state index is 12.5. The molecular weight excluding hydrogens is 250 g/mol. The molecule has 2 N–H and O–H groups in total. The Kier molecular flexibility index (Phi) is 5.53. The molecule has 1 aliphatic heterocycles.